The Labute approximate surface area is 206 Å². The van der Waals surface area contributed by atoms with Crippen molar-refractivity contribution in [1.29, 1.82) is 0 Å². The number of sulfonamides is 1. The number of benzene rings is 3. The number of carbonyl (C=O) groups excluding carboxylic acids is 1. The highest BCUT2D eigenvalue weighted by molar-refractivity contribution is 7.98. The third-order valence-electron chi connectivity index (χ3n) is 5.01. The van der Waals surface area contributed by atoms with Crippen LogP contribution < -0.4 is 14.4 Å². The van der Waals surface area contributed by atoms with Gasteiger partial charge >= 0.3 is 0 Å². The summed E-state index contributed by atoms with van der Waals surface area (Å²) in [4.78, 5) is 12.9. The summed E-state index contributed by atoms with van der Waals surface area (Å²) in [5, 5.41) is 2.85. The molecule has 0 saturated heterocycles. The Kier molecular flexibility index (Phi) is 9.42. The molecule has 1 amide bonds. The molecule has 180 valence electrons. The molecule has 34 heavy (non-hydrogen) atoms. The zero-order chi connectivity index (χ0) is 24.4. The van der Waals surface area contributed by atoms with Crippen molar-refractivity contribution in [2.45, 2.75) is 24.5 Å². The Morgan fingerprint density at radius 3 is 2.35 bits per heavy atom. The van der Waals surface area contributed by atoms with E-state index in [2.05, 4.69) is 17.4 Å². The summed E-state index contributed by atoms with van der Waals surface area (Å²) in [5.41, 5.74) is 2.51. The average molecular weight is 499 g/mol. The van der Waals surface area contributed by atoms with Gasteiger partial charge in [0.2, 0.25) is 5.91 Å². The molecule has 8 heteroatoms. The first kappa shape index (κ1) is 25.6. The van der Waals surface area contributed by atoms with E-state index in [9.17, 15) is 13.2 Å². The average Bonchev–Trinajstić information content (AvgIpc) is 2.84. The zero-order valence-electron chi connectivity index (χ0n) is 19.4. The number of anilines is 1. The molecule has 3 rings (SSSR count). The van der Waals surface area contributed by atoms with Gasteiger partial charge in [-0.3, -0.25) is 9.10 Å². The van der Waals surface area contributed by atoms with Crippen molar-refractivity contribution in [2.24, 2.45) is 0 Å². The van der Waals surface area contributed by atoms with Crippen LogP contribution in [0.5, 0.6) is 5.75 Å². The van der Waals surface area contributed by atoms with Gasteiger partial charge in [-0.1, -0.05) is 60.2 Å². The van der Waals surface area contributed by atoms with Gasteiger partial charge in [0.25, 0.3) is 10.0 Å². The second-order valence-electron chi connectivity index (χ2n) is 7.61. The first-order chi connectivity index (χ1) is 16.4. The minimum Gasteiger partial charge on any atom is -0.492 e. The highest BCUT2D eigenvalue weighted by Crippen LogP contribution is 2.32. The molecule has 0 saturated carbocycles. The maximum atomic E-state index is 13.6. The van der Waals surface area contributed by atoms with Crippen LogP contribution >= 0.6 is 11.8 Å². The van der Waals surface area contributed by atoms with Crippen LogP contribution in [0.3, 0.4) is 0 Å². The minimum absolute atomic E-state index is 0.121. The molecule has 0 bridgehead atoms. The molecule has 0 spiro atoms. The fourth-order valence-corrected chi connectivity index (χ4v) is 5.54. The molecule has 0 heterocycles. The first-order valence-corrected chi connectivity index (χ1v) is 13.7. The fraction of sp³-hybridized carbons (Fsp3) is 0.269. The van der Waals surface area contributed by atoms with Crippen LogP contribution in [0.4, 0.5) is 5.69 Å². The van der Waals surface area contributed by atoms with Crippen molar-refractivity contribution < 1.29 is 17.9 Å². The van der Waals surface area contributed by atoms with E-state index in [1.165, 1.54) is 5.56 Å². The molecule has 0 aliphatic carbocycles. The third kappa shape index (κ3) is 7.01. The Morgan fingerprint density at radius 1 is 0.971 bits per heavy atom. The van der Waals surface area contributed by atoms with E-state index in [1.54, 1.807) is 60.3 Å². The molecule has 0 aliphatic rings. The van der Waals surface area contributed by atoms with Crippen LogP contribution in [0.15, 0.2) is 83.8 Å². The molecule has 0 fully saturated rings. The number of rotatable bonds is 12. The highest BCUT2D eigenvalue weighted by atomic mass is 32.2. The predicted octanol–water partition coefficient (Wildman–Crippen LogP) is 4.64. The summed E-state index contributed by atoms with van der Waals surface area (Å²) >= 11 is 1.71. The van der Waals surface area contributed by atoms with E-state index in [0.29, 0.717) is 24.6 Å². The SMILES string of the molecule is CCOc1ccccc1N(CC(=O)NCCSCc1ccccc1)S(=O)(=O)c1ccc(C)cc1. The lowest BCUT2D eigenvalue weighted by molar-refractivity contribution is -0.119. The van der Waals surface area contributed by atoms with E-state index >= 15 is 0 Å². The quantitative estimate of drug-likeness (QED) is 0.368. The van der Waals surface area contributed by atoms with Crippen LogP contribution in [0.25, 0.3) is 0 Å². The number of carbonyl (C=O) groups is 1. The van der Waals surface area contributed by atoms with Crippen LogP contribution in [0.2, 0.25) is 0 Å². The van der Waals surface area contributed by atoms with E-state index < -0.39 is 10.0 Å². The largest absolute Gasteiger partial charge is 0.492 e. The van der Waals surface area contributed by atoms with Crippen molar-refractivity contribution in [1.82, 2.24) is 5.32 Å². The molecule has 1 N–H and O–H groups in total. The van der Waals surface area contributed by atoms with Crippen molar-refractivity contribution in [3.63, 3.8) is 0 Å². The van der Waals surface area contributed by atoms with Crippen molar-refractivity contribution >= 4 is 33.4 Å². The summed E-state index contributed by atoms with van der Waals surface area (Å²) in [6.07, 6.45) is 0. The summed E-state index contributed by atoms with van der Waals surface area (Å²) < 4.78 is 33.9. The van der Waals surface area contributed by atoms with Crippen LogP contribution in [-0.2, 0) is 20.6 Å². The lowest BCUT2D eigenvalue weighted by Crippen LogP contribution is -2.41. The highest BCUT2D eigenvalue weighted by Gasteiger charge is 2.29. The smallest absolute Gasteiger partial charge is 0.264 e. The van der Waals surface area contributed by atoms with Gasteiger partial charge in [0, 0.05) is 18.1 Å². The minimum atomic E-state index is -3.99. The first-order valence-electron chi connectivity index (χ1n) is 11.1. The standard InChI is InChI=1S/C26H30N2O4S2/c1-3-32-25-12-8-7-11-24(25)28(34(30,31)23-15-13-21(2)14-16-23)19-26(29)27-17-18-33-20-22-9-5-4-6-10-22/h4-16H,3,17-20H2,1-2H3,(H,27,29). The lowest BCUT2D eigenvalue weighted by Gasteiger charge is -2.26. The van der Waals surface area contributed by atoms with Gasteiger partial charge in [0.15, 0.2) is 0 Å². The van der Waals surface area contributed by atoms with Crippen molar-refractivity contribution in [3.05, 3.63) is 90.0 Å². The van der Waals surface area contributed by atoms with Gasteiger partial charge in [0.1, 0.15) is 12.3 Å². The maximum absolute atomic E-state index is 13.6. The fourth-order valence-electron chi connectivity index (χ4n) is 3.29. The number of ether oxygens (including phenoxy) is 1. The number of nitrogens with one attached hydrogen (secondary N) is 1. The van der Waals surface area contributed by atoms with Gasteiger partial charge in [-0.15, -0.1) is 0 Å². The molecule has 0 radical (unpaired) electrons. The van der Waals surface area contributed by atoms with Crippen molar-refractivity contribution in [2.75, 3.05) is 29.8 Å². The number of aryl methyl sites for hydroxylation is 1. The van der Waals surface area contributed by atoms with Gasteiger partial charge < -0.3 is 10.1 Å². The molecule has 0 aromatic heterocycles. The molecule has 3 aromatic carbocycles. The number of para-hydroxylation sites is 2. The topological polar surface area (TPSA) is 75.7 Å². The Balaban J connectivity index is 1.72. The normalized spacial score (nSPS) is 11.1. The van der Waals surface area contributed by atoms with E-state index in [4.69, 9.17) is 4.74 Å². The van der Waals surface area contributed by atoms with E-state index in [0.717, 1.165) is 21.4 Å². The Morgan fingerprint density at radius 2 is 1.65 bits per heavy atom. The summed E-state index contributed by atoms with van der Waals surface area (Å²) in [6, 6.07) is 23.6. The van der Waals surface area contributed by atoms with Crippen molar-refractivity contribution in [3.8, 4) is 5.75 Å². The van der Waals surface area contributed by atoms with Crippen LogP contribution in [0.1, 0.15) is 18.1 Å². The molecule has 0 unspecified atom stereocenters. The third-order valence-corrected chi connectivity index (χ3v) is 7.81. The Hall–Kier alpha value is -2.97. The van der Waals surface area contributed by atoms with Gasteiger partial charge in [-0.2, -0.15) is 11.8 Å². The second-order valence-corrected chi connectivity index (χ2v) is 10.6. The molecular formula is C26H30N2O4S2. The van der Waals surface area contributed by atoms with Crippen LogP contribution in [0, 0.1) is 6.92 Å². The van der Waals surface area contributed by atoms with Gasteiger partial charge in [-0.05, 0) is 43.7 Å². The lowest BCUT2D eigenvalue weighted by atomic mass is 10.2. The summed E-state index contributed by atoms with van der Waals surface area (Å²) in [5.74, 6) is 1.61. The number of thioether (sulfide) groups is 1. The van der Waals surface area contributed by atoms with Gasteiger partial charge in [-0.25, -0.2) is 8.42 Å². The van der Waals surface area contributed by atoms with Gasteiger partial charge in [0.05, 0.1) is 17.2 Å². The molecule has 6 nitrogen and oxygen atoms in total. The Bertz CT molecular complexity index is 1170. The number of nitrogens with zero attached hydrogens (tertiary/aromatic N) is 1. The molecule has 0 aliphatic heterocycles. The monoisotopic (exact) mass is 498 g/mol. The maximum Gasteiger partial charge on any atom is 0.264 e. The van der Waals surface area contributed by atoms with E-state index in [-0.39, 0.29) is 17.3 Å². The second kappa shape index (κ2) is 12.5. The number of hydrogen-bond donors (Lipinski definition) is 1. The molecule has 3 aromatic rings. The predicted molar refractivity (Wildman–Crippen MR) is 139 cm³/mol. The van der Waals surface area contributed by atoms with E-state index in [1.807, 2.05) is 32.0 Å². The summed E-state index contributed by atoms with van der Waals surface area (Å²) in [7, 11) is -3.99. The number of amides is 1. The summed E-state index contributed by atoms with van der Waals surface area (Å²) in [6.45, 7) is 4.20. The number of hydrogen-bond acceptors (Lipinski definition) is 5. The zero-order valence-corrected chi connectivity index (χ0v) is 21.1. The molecular weight excluding hydrogens is 468 g/mol. The van der Waals surface area contributed by atoms with Crippen LogP contribution in [-0.4, -0.2) is 39.8 Å². The molecule has 0 atom stereocenters.